The van der Waals surface area contributed by atoms with Crippen molar-refractivity contribution in [2.75, 3.05) is 20.7 Å². The van der Waals surface area contributed by atoms with Gasteiger partial charge in [-0.05, 0) is 54.6 Å². The Bertz CT molecular complexity index is 418. The molecule has 17 heavy (non-hydrogen) atoms. The third-order valence-corrected chi connectivity index (χ3v) is 3.20. The lowest BCUT2D eigenvalue weighted by Crippen LogP contribution is -2.23. The second-order valence-electron chi connectivity index (χ2n) is 4.17. The maximum atomic E-state index is 10.9. The highest BCUT2D eigenvalue weighted by Crippen LogP contribution is 2.23. The van der Waals surface area contributed by atoms with Gasteiger partial charge in [0.05, 0.1) is 7.11 Å². The van der Waals surface area contributed by atoms with E-state index < -0.39 is 5.37 Å². The van der Waals surface area contributed by atoms with Crippen LogP contribution in [-0.4, -0.2) is 31.0 Å². The number of hydrogen-bond donors (Lipinski definition) is 0. The topological polar surface area (TPSA) is 29.5 Å². The second-order valence-corrected chi connectivity index (χ2v) is 4.50. The number of carbonyl (C=O) groups excluding carboxylic acids is 1. The molecule has 0 aliphatic rings. The molecule has 0 fully saturated rings. The van der Waals surface area contributed by atoms with Gasteiger partial charge in [-0.2, -0.15) is 0 Å². The zero-order valence-corrected chi connectivity index (χ0v) is 11.5. The minimum Gasteiger partial charge on any atom is -0.496 e. The van der Waals surface area contributed by atoms with Crippen LogP contribution >= 0.6 is 11.6 Å². The molecule has 1 amide bonds. The number of methoxy groups -OCH3 is 1. The molecule has 0 saturated carbocycles. The van der Waals surface area contributed by atoms with Gasteiger partial charge < -0.3 is 9.64 Å². The monoisotopic (exact) mass is 255 g/mol. The number of amides is 1. The summed E-state index contributed by atoms with van der Waals surface area (Å²) < 4.78 is 5.34. The maximum Gasteiger partial charge on any atom is 0.316 e. The Morgan fingerprint density at radius 3 is 2.47 bits per heavy atom. The predicted molar refractivity (Wildman–Crippen MR) is 70.1 cm³/mol. The van der Waals surface area contributed by atoms with Gasteiger partial charge in [-0.3, -0.25) is 4.79 Å². The number of hydrogen-bond acceptors (Lipinski definition) is 2. The SMILES string of the molecule is COc1cc(C)c(C)cc1CCN(C)C(=O)Cl. The van der Waals surface area contributed by atoms with Crippen molar-refractivity contribution in [1.29, 1.82) is 0 Å². The highest BCUT2D eigenvalue weighted by molar-refractivity contribution is 6.62. The number of benzene rings is 1. The normalized spacial score (nSPS) is 10.2. The van der Waals surface area contributed by atoms with Crippen molar-refractivity contribution in [2.45, 2.75) is 20.3 Å². The Kier molecular flexibility index (Phi) is 4.82. The molecular formula is C13H18ClNO2. The van der Waals surface area contributed by atoms with Gasteiger partial charge in [0.2, 0.25) is 0 Å². The summed E-state index contributed by atoms with van der Waals surface area (Å²) >= 11 is 5.38. The summed E-state index contributed by atoms with van der Waals surface area (Å²) in [6.07, 6.45) is 0.735. The summed E-state index contributed by atoms with van der Waals surface area (Å²) in [5, 5.41) is -0.437. The number of carbonyl (C=O) groups is 1. The highest BCUT2D eigenvalue weighted by Gasteiger charge is 2.09. The van der Waals surface area contributed by atoms with E-state index >= 15 is 0 Å². The number of halogens is 1. The molecule has 0 aliphatic heterocycles. The van der Waals surface area contributed by atoms with Gasteiger partial charge in [-0.25, -0.2) is 0 Å². The summed E-state index contributed by atoms with van der Waals surface area (Å²) in [6.45, 7) is 4.70. The van der Waals surface area contributed by atoms with E-state index in [0.29, 0.717) is 6.54 Å². The van der Waals surface area contributed by atoms with Crippen LogP contribution in [0, 0.1) is 13.8 Å². The molecule has 0 bridgehead atoms. The Hall–Kier alpha value is -1.22. The molecule has 1 aromatic carbocycles. The first kappa shape index (κ1) is 13.8. The van der Waals surface area contributed by atoms with Gasteiger partial charge in [0.25, 0.3) is 0 Å². The maximum absolute atomic E-state index is 10.9. The van der Waals surface area contributed by atoms with Crippen LogP contribution in [0.1, 0.15) is 16.7 Å². The van der Waals surface area contributed by atoms with E-state index in [1.165, 1.54) is 16.0 Å². The van der Waals surface area contributed by atoms with Crippen LogP contribution in [0.4, 0.5) is 4.79 Å². The molecule has 0 heterocycles. The average molecular weight is 256 g/mol. The predicted octanol–water partition coefficient (Wildman–Crippen LogP) is 3.15. The van der Waals surface area contributed by atoms with Crippen LogP contribution in [0.2, 0.25) is 0 Å². The van der Waals surface area contributed by atoms with Crippen LogP contribution in [0.15, 0.2) is 12.1 Å². The number of ether oxygens (including phenoxy) is 1. The number of nitrogens with zero attached hydrogens (tertiary/aromatic N) is 1. The first-order valence-electron chi connectivity index (χ1n) is 5.50. The van der Waals surface area contributed by atoms with Crippen molar-refractivity contribution < 1.29 is 9.53 Å². The quantitative estimate of drug-likeness (QED) is 0.611. The van der Waals surface area contributed by atoms with Crippen molar-refractivity contribution in [1.82, 2.24) is 4.90 Å². The Balaban J connectivity index is 2.83. The first-order valence-corrected chi connectivity index (χ1v) is 5.88. The fourth-order valence-electron chi connectivity index (χ4n) is 1.61. The molecule has 1 aromatic rings. The third-order valence-electron chi connectivity index (χ3n) is 2.91. The summed E-state index contributed by atoms with van der Waals surface area (Å²) in [7, 11) is 3.34. The van der Waals surface area contributed by atoms with Crippen molar-refractivity contribution >= 4 is 17.0 Å². The van der Waals surface area contributed by atoms with E-state index in [4.69, 9.17) is 16.3 Å². The van der Waals surface area contributed by atoms with E-state index in [-0.39, 0.29) is 0 Å². The van der Waals surface area contributed by atoms with E-state index in [0.717, 1.165) is 17.7 Å². The van der Waals surface area contributed by atoms with E-state index in [2.05, 4.69) is 19.9 Å². The molecule has 0 spiro atoms. The summed E-state index contributed by atoms with van der Waals surface area (Å²) in [5.74, 6) is 0.864. The fraction of sp³-hybridized carbons (Fsp3) is 0.462. The van der Waals surface area contributed by atoms with Crippen molar-refractivity contribution in [3.8, 4) is 5.75 Å². The average Bonchev–Trinajstić information content (AvgIpc) is 2.29. The molecule has 0 aromatic heterocycles. The number of likely N-dealkylation sites (N-methyl/N-ethyl adjacent to an activating group) is 1. The van der Waals surface area contributed by atoms with Crippen LogP contribution in [0.5, 0.6) is 5.75 Å². The highest BCUT2D eigenvalue weighted by atomic mass is 35.5. The summed E-state index contributed by atoms with van der Waals surface area (Å²) in [5.41, 5.74) is 3.52. The molecule has 3 nitrogen and oxygen atoms in total. The number of rotatable bonds is 4. The van der Waals surface area contributed by atoms with Gasteiger partial charge in [-0.1, -0.05) is 6.07 Å². The molecule has 0 saturated heterocycles. The smallest absolute Gasteiger partial charge is 0.316 e. The Morgan fingerprint density at radius 2 is 1.94 bits per heavy atom. The minimum absolute atomic E-state index is 0.437. The molecule has 94 valence electrons. The molecule has 4 heteroatoms. The molecule has 1 rings (SSSR count). The van der Waals surface area contributed by atoms with Gasteiger partial charge >= 0.3 is 5.37 Å². The van der Waals surface area contributed by atoms with Crippen molar-refractivity contribution in [3.63, 3.8) is 0 Å². The molecule has 0 N–H and O–H groups in total. The van der Waals surface area contributed by atoms with E-state index in [9.17, 15) is 4.79 Å². The van der Waals surface area contributed by atoms with E-state index in [1.807, 2.05) is 6.07 Å². The van der Waals surface area contributed by atoms with Gasteiger partial charge in [0.1, 0.15) is 5.75 Å². The third kappa shape index (κ3) is 3.63. The second kappa shape index (κ2) is 5.92. The summed E-state index contributed by atoms with van der Waals surface area (Å²) in [4.78, 5) is 12.4. The molecule has 0 unspecified atom stereocenters. The molecular weight excluding hydrogens is 238 g/mol. The van der Waals surface area contributed by atoms with Crippen molar-refractivity contribution in [2.24, 2.45) is 0 Å². The van der Waals surface area contributed by atoms with Gasteiger partial charge in [-0.15, -0.1) is 0 Å². The molecule has 0 atom stereocenters. The molecule has 0 aliphatic carbocycles. The van der Waals surface area contributed by atoms with E-state index in [1.54, 1.807) is 14.2 Å². The Labute approximate surface area is 107 Å². The van der Waals surface area contributed by atoms with Crippen molar-refractivity contribution in [3.05, 3.63) is 28.8 Å². The fourth-order valence-corrected chi connectivity index (χ4v) is 1.70. The van der Waals surface area contributed by atoms with Crippen LogP contribution < -0.4 is 4.74 Å². The van der Waals surface area contributed by atoms with Gasteiger partial charge in [0.15, 0.2) is 0 Å². The zero-order valence-electron chi connectivity index (χ0n) is 10.7. The molecule has 0 radical (unpaired) electrons. The number of aryl methyl sites for hydroxylation is 2. The lowest BCUT2D eigenvalue weighted by molar-refractivity contribution is 0.232. The zero-order chi connectivity index (χ0) is 13.0. The lowest BCUT2D eigenvalue weighted by atomic mass is 10.0. The van der Waals surface area contributed by atoms with Crippen LogP contribution in [0.25, 0.3) is 0 Å². The van der Waals surface area contributed by atoms with Crippen LogP contribution in [0.3, 0.4) is 0 Å². The largest absolute Gasteiger partial charge is 0.496 e. The lowest BCUT2D eigenvalue weighted by Gasteiger charge is -2.16. The Morgan fingerprint density at radius 1 is 1.35 bits per heavy atom. The standard InChI is InChI=1S/C13H18ClNO2/c1-9-7-11(5-6-15(3)13(14)16)12(17-4)8-10(9)2/h7-8H,5-6H2,1-4H3. The summed E-state index contributed by atoms with van der Waals surface area (Å²) in [6, 6.07) is 4.12. The minimum atomic E-state index is -0.437. The van der Waals surface area contributed by atoms with Crippen LogP contribution in [-0.2, 0) is 6.42 Å². The first-order chi connectivity index (χ1) is 7.95. The van der Waals surface area contributed by atoms with Gasteiger partial charge in [0, 0.05) is 13.6 Å².